The molecule has 1 aromatic carbocycles. The van der Waals surface area contributed by atoms with E-state index < -0.39 is 4.92 Å². The van der Waals surface area contributed by atoms with Crippen molar-refractivity contribution < 1.29 is 14.5 Å². The first-order chi connectivity index (χ1) is 13.4. The lowest BCUT2D eigenvalue weighted by atomic mass is 10.1. The molecule has 2 rings (SSSR count). The molecule has 28 heavy (non-hydrogen) atoms. The molecule has 0 aliphatic carbocycles. The van der Waals surface area contributed by atoms with Gasteiger partial charge >= 0.3 is 5.97 Å². The summed E-state index contributed by atoms with van der Waals surface area (Å²) < 4.78 is 7.13. The number of imidazole rings is 1. The molecule has 7 nitrogen and oxygen atoms in total. The Morgan fingerprint density at radius 1 is 1.32 bits per heavy atom. The van der Waals surface area contributed by atoms with E-state index in [9.17, 15) is 14.9 Å². The minimum Gasteiger partial charge on any atom is -0.466 e. The minimum atomic E-state index is -0.420. The maximum atomic E-state index is 12.0. The number of benzene rings is 1. The van der Waals surface area contributed by atoms with Crippen LogP contribution in [0.1, 0.15) is 50.7 Å². The van der Waals surface area contributed by atoms with Gasteiger partial charge in [0.1, 0.15) is 5.82 Å². The Kier molecular flexibility index (Phi) is 7.99. The van der Waals surface area contributed by atoms with Crippen LogP contribution in [0.25, 0.3) is 0 Å². The first-order valence-electron chi connectivity index (χ1n) is 9.51. The Balaban J connectivity index is 2.32. The molecule has 0 saturated carbocycles. The molecule has 0 radical (unpaired) electrons. The summed E-state index contributed by atoms with van der Waals surface area (Å²) in [6.45, 7) is 6.51. The Hall–Kier alpha value is -2.41. The van der Waals surface area contributed by atoms with Crippen LogP contribution in [0.15, 0.2) is 24.3 Å². The SMILES string of the molecule is CCCCc1nc(Cl)c(CC(C)C(=O)OCC)n1Cc1ccc([N+](=O)[O-])cc1. The van der Waals surface area contributed by atoms with E-state index in [1.807, 2.05) is 11.5 Å². The molecule has 8 heteroatoms. The molecular weight excluding hydrogens is 382 g/mol. The van der Waals surface area contributed by atoms with Gasteiger partial charge < -0.3 is 9.30 Å². The van der Waals surface area contributed by atoms with Gasteiger partial charge in [0.25, 0.3) is 5.69 Å². The topological polar surface area (TPSA) is 87.3 Å². The highest BCUT2D eigenvalue weighted by molar-refractivity contribution is 6.30. The summed E-state index contributed by atoms with van der Waals surface area (Å²) in [5.41, 5.74) is 1.74. The summed E-state index contributed by atoms with van der Waals surface area (Å²) in [6, 6.07) is 6.43. The van der Waals surface area contributed by atoms with Gasteiger partial charge in [0.05, 0.1) is 23.1 Å². The van der Waals surface area contributed by atoms with Crippen molar-refractivity contribution in [3.8, 4) is 0 Å². The lowest BCUT2D eigenvalue weighted by molar-refractivity contribution is -0.384. The Bertz CT molecular complexity index is 818. The van der Waals surface area contributed by atoms with Crippen LogP contribution in [0.4, 0.5) is 5.69 Å². The van der Waals surface area contributed by atoms with E-state index in [-0.39, 0.29) is 17.6 Å². The van der Waals surface area contributed by atoms with Crippen LogP contribution in [-0.2, 0) is 28.9 Å². The van der Waals surface area contributed by atoms with Crippen LogP contribution in [0.3, 0.4) is 0 Å². The number of ether oxygens (including phenoxy) is 1. The zero-order chi connectivity index (χ0) is 20.7. The number of nitro benzene ring substituents is 1. The van der Waals surface area contributed by atoms with Crippen molar-refractivity contribution in [1.29, 1.82) is 0 Å². The quantitative estimate of drug-likeness (QED) is 0.327. The number of carbonyl (C=O) groups is 1. The van der Waals surface area contributed by atoms with E-state index in [1.54, 1.807) is 19.1 Å². The van der Waals surface area contributed by atoms with E-state index >= 15 is 0 Å². The highest BCUT2D eigenvalue weighted by Crippen LogP contribution is 2.24. The number of non-ortho nitro benzene ring substituents is 1. The molecule has 0 fully saturated rings. The van der Waals surface area contributed by atoms with Crippen molar-refractivity contribution in [2.75, 3.05) is 6.61 Å². The maximum absolute atomic E-state index is 12.0. The maximum Gasteiger partial charge on any atom is 0.309 e. The van der Waals surface area contributed by atoms with Crippen LogP contribution >= 0.6 is 11.6 Å². The molecule has 0 aliphatic heterocycles. The van der Waals surface area contributed by atoms with Gasteiger partial charge in [0.15, 0.2) is 5.15 Å². The van der Waals surface area contributed by atoms with Crippen molar-refractivity contribution in [1.82, 2.24) is 9.55 Å². The zero-order valence-electron chi connectivity index (χ0n) is 16.5. The summed E-state index contributed by atoms with van der Waals surface area (Å²) in [4.78, 5) is 27.0. The Morgan fingerprint density at radius 3 is 2.57 bits per heavy atom. The van der Waals surface area contributed by atoms with E-state index in [4.69, 9.17) is 16.3 Å². The Labute approximate surface area is 169 Å². The van der Waals surface area contributed by atoms with Gasteiger partial charge in [-0.1, -0.05) is 44.0 Å². The van der Waals surface area contributed by atoms with Crippen molar-refractivity contribution in [3.05, 3.63) is 56.6 Å². The van der Waals surface area contributed by atoms with Crippen LogP contribution in [-0.4, -0.2) is 27.1 Å². The second-order valence-corrected chi connectivity index (χ2v) is 7.09. The average Bonchev–Trinajstić information content (AvgIpc) is 2.95. The summed E-state index contributed by atoms with van der Waals surface area (Å²) in [5.74, 6) is 0.247. The number of aromatic nitrogens is 2. The van der Waals surface area contributed by atoms with Gasteiger partial charge in [-0.15, -0.1) is 0 Å². The second kappa shape index (κ2) is 10.2. The highest BCUT2D eigenvalue weighted by Gasteiger charge is 2.22. The molecule has 0 amide bonds. The normalized spacial score (nSPS) is 12.0. The van der Waals surface area contributed by atoms with E-state index in [2.05, 4.69) is 11.9 Å². The summed E-state index contributed by atoms with van der Waals surface area (Å²) >= 11 is 6.41. The van der Waals surface area contributed by atoms with Crippen LogP contribution in [0, 0.1) is 16.0 Å². The number of unbranched alkanes of at least 4 members (excludes halogenated alkanes) is 1. The van der Waals surface area contributed by atoms with E-state index in [0.29, 0.717) is 24.7 Å². The first kappa shape index (κ1) is 21.9. The molecule has 152 valence electrons. The summed E-state index contributed by atoms with van der Waals surface area (Å²) in [5, 5.41) is 11.3. The lowest BCUT2D eigenvalue weighted by Crippen LogP contribution is -2.19. The van der Waals surface area contributed by atoms with Crippen molar-refractivity contribution in [2.24, 2.45) is 5.92 Å². The number of halogens is 1. The molecule has 2 aromatic rings. The third-order valence-electron chi connectivity index (χ3n) is 4.53. The van der Waals surface area contributed by atoms with Crippen molar-refractivity contribution in [3.63, 3.8) is 0 Å². The van der Waals surface area contributed by atoms with Gasteiger partial charge in [-0.25, -0.2) is 4.98 Å². The number of nitrogens with zero attached hydrogens (tertiary/aromatic N) is 3. The molecule has 0 spiro atoms. The molecule has 0 saturated heterocycles. The zero-order valence-corrected chi connectivity index (χ0v) is 17.2. The van der Waals surface area contributed by atoms with Crippen LogP contribution < -0.4 is 0 Å². The fourth-order valence-corrected chi connectivity index (χ4v) is 3.25. The predicted octanol–water partition coefficient (Wildman–Crippen LogP) is 4.58. The standard InChI is InChI=1S/C20H26ClN3O4/c1-4-6-7-18-22-19(21)17(12-14(3)20(25)28-5-2)23(18)13-15-8-10-16(11-9-15)24(26)27/h8-11,14H,4-7,12-13H2,1-3H3. The molecule has 1 aromatic heterocycles. The fourth-order valence-electron chi connectivity index (χ4n) is 2.98. The summed E-state index contributed by atoms with van der Waals surface area (Å²) in [6.07, 6.45) is 3.19. The molecule has 1 unspecified atom stereocenters. The monoisotopic (exact) mass is 407 g/mol. The molecule has 0 bridgehead atoms. The van der Waals surface area contributed by atoms with Gasteiger partial charge in [0.2, 0.25) is 0 Å². The number of aryl methyl sites for hydroxylation is 1. The third-order valence-corrected chi connectivity index (χ3v) is 4.84. The van der Waals surface area contributed by atoms with Gasteiger partial charge in [-0.2, -0.15) is 0 Å². The molecular formula is C20H26ClN3O4. The third kappa shape index (κ3) is 5.55. The van der Waals surface area contributed by atoms with Crippen LogP contribution in [0.5, 0.6) is 0 Å². The number of rotatable bonds is 10. The molecule has 1 heterocycles. The number of carbonyl (C=O) groups excluding carboxylic acids is 1. The Morgan fingerprint density at radius 2 is 2.00 bits per heavy atom. The first-order valence-corrected chi connectivity index (χ1v) is 9.88. The minimum absolute atomic E-state index is 0.0507. The van der Waals surface area contributed by atoms with Crippen molar-refractivity contribution in [2.45, 2.75) is 53.0 Å². The average molecular weight is 408 g/mol. The number of hydrogen-bond acceptors (Lipinski definition) is 5. The van der Waals surface area contributed by atoms with Gasteiger partial charge in [-0.05, 0) is 18.9 Å². The highest BCUT2D eigenvalue weighted by atomic mass is 35.5. The van der Waals surface area contributed by atoms with Crippen molar-refractivity contribution >= 4 is 23.3 Å². The molecule has 0 aliphatic rings. The smallest absolute Gasteiger partial charge is 0.309 e. The number of hydrogen-bond donors (Lipinski definition) is 0. The number of esters is 1. The molecule has 1 atom stereocenters. The van der Waals surface area contributed by atoms with E-state index in [0.717, 1.165) is 36.3 Å². The molecule has 0 N–H and O–H groups in total. The summed E-state index contributed by atoms with van der Waals surface area (Å²) in [7, 11) is 0. The largest absolute Gasteiger partial charge is 0.466 e. The van der Waals surface area contributed by atoms with Gasteiger partial charge in [0, 0.05) is 31.5 Å². The van der Waals surface area contributed by atoms with E-state index in [1.165, 1.54) is 12.1 Å². The fraction of sp³-hybridized carbons (Fsp3) is 0.500. The van der Waals surface area contributed by atoms with Gasteiger partial charge in [-0.3, -0.25) is 14.9 Å². The second-order valence-electron chi connectivity index (χ2n) is 6.74. The lowest BCUT2D eigenvalue weighted by Gasteiger charge is -2.15. The predicted molar refractivity (Wildman–Crippen MR) is 108 cm³/mol. The number of nitro groups is 1. The van der Waals surface area contributed by atoms with Crippen LogP contribution in [0.2, 0.25) is 5.15 Å².